The van der Waals surface area contributed by atoms with E-state index in [-0.39, 0.29) is 5.91 Å². The Kier molecular flexibility index (Phi) is 2.09. The number of hydrogen-bond acceptors (Lipinski definition) is 1. The standard InChI is InChI=1S/C12H12BrNO/c13-7-4-5-9-10(6-7)8-2-1-3-11(8)14-12(9)15/h4-6,8,11H,1-3H2,(H,14,15). The molecule has 15 heavy (non-hydrogen) atoms. The lowest BCUT2D eigenvalue weighted by Crippen LogP contribution is -2.41. The van der Waals surface area contributed by atoms with E-state index in [0.717, 1.165) is 16.5 Å². The van der Waals surface area contributed by atoms with Gasteiger partial charge in [0.1, 0.15) is 0 Å². The van der Waals surface area contributed by atoms with E-state index >= 15 is 0 Å². The first kappa shape index (κ1) is 9.40. The third kappa shape index (κ3) is 1.41. The van der Waals surface area contributed by atoms with Crippen LogP contribution in [0.15, 0.2) is 22.7 Å². The molecule has 1 fully saturated rings. The van der Waals surface area contributed by atoms with Crippen molar-refractivity contribution >= 4 is 21.8 Å². The van der Waals surface area contributed by atoms with Crippen LogP contribution in [0.5, 0.6) is 0 Å². The molecule has 1 N–H and O–H groups in total. The summed E-state index contributed by atoms with van der Waals surface area (Å²) in [5, 5.41) is 3.10. The van der Waals surface area contributed by atoms with Gasteiger partial charge in [-0.3, -0.25) is 4.79 Å². The lowest BCUT2D eigenvalue weighted by atomic mass is 9.86. The van der Waals surface area contributed by atoms with E-state index in [1.807, 2.05) is 12.1 Å². The number of rotatable bonds is 0. The molecular weight excluding hydrogens is 254 g/mol. The summed E-state index contributed by atoms with van der Waals surface area (Å²) in [4.78, 5) is 11.8. The molecule has 2 aliphatic rings. The second-order valence-electron chi connectivity index (χ2n) is 4.35. The third-order valence-corrected chi connectivity index (χ3v) is 3.98. The lowest BCUT2D eigenvalue weighted by Gasteiger charge is -2.29. The number of hydrogen-bond donors (Lipinski definition) is 1. The third-order valence-electron chi connectivity index (χ3n) is 3.49. The van der Waals surface area contributed by atoms with Gasteiger partial charge in [0.15, 0.2) is 0 Å². The van der Waals surface area contributed by atoms with Crippen molar-refractivity contribution < 1.29 is 4.79 Å². The zero-order valence-corrected chi connectivity index (χ0v) is 9.88. The topological polar surface area (TPSA) is 29.1 Å². The maximum atomic E-state index is 11.8. The molecule has 0 bridgehead atoms. The van der Waals surface area contributed by atoms with Gasteiger partial charge < -0.3 is 5.32 Å². The highest BCUT2D eigenvalue weighted by Gasteiger charge is 2.36. The van der Waals surface area contributed by atoms with Gasteiger partial charge in [0.25, 0.3) is 5.91 Å². The molecule has 0 radical (unpaired) electrons. The zero-order valence-electron chi connectivity index (χ0n) is 8.29. The second-order valence-corrected chi connectivity index (χ2v) is 5.26. The van der Waals surface area contributed by atoms with E-state index in [4.69, 9.17) is 0 Å². The summed E-state index contributed by atoms with van der Waals surface area (Å²) in [6.45, 7) is 0. The van der Waals surface area contributed by atoms with E-state index < -0.39 is 0 Å². The molecule has 1 amide bonds. The molecule has 2 unspecified atom stereocenters. The zero-order chi connectivity index (χ0) is 10.4. The number of amides is 1. The minimum Gasteiger partial charge on any atom is -0.349 e. The van der Waals surface area contributed by atoms with E-state index in [0.29, 0.717) is 12.0 Å². The highest BCUT2D eigenvalue weighted by atomic mass is 79.9. The normalized spacial score (nSPS) is 28.2. The van der Waals surface area contributed by atoms with Crippen molar-refractivity contribution in [2.24, 2.45) is 0 Å². The van der Waals surface area contributed by atoms with Crippen LogP contribution >= 0.6 is 15.9 Å². The van der Waals surface area contributed by atoms with Crippen molar-refractivity contribution in [3.63, 3.8) is 0 Å². The largest absolute Gasteiger partial charge is 0.349 e. The molecule has 3 rings (SSSR count). The first-order chi connectivity index (χ1) is 7.25. The maximum Gasteiger partial charge on any atom is 0.251 e. The molecule has 0 aromatic heterocycles. The van der Waals surface area contributed by atoms with Crippen LogP contribution in [-0.4, -0.2) is 11.9 Å². The second kappa shape index (κ2) is 3.34. The van der Waals surface area contributed by atoms with Crippen LogP contribution in [0.3, 0.4) is 0 Å². The average Bonchev–Trinajstić information content (AvgIpc) is 2.65. The molecule has 0 saturated heterocycles. The van der Waals surface area contributed by atoms with Gasteiger partial charge in [-0.05, 0) is 36.6 Å². The molecule has 1 aliphatic carbocycles. The fraction of sp³-hybridized carbons (Fsp3) is 0.417. The Hall–Kier alpha value is -0.830. The number of fused-ring (bicyclic) bond motifs is 3. The molecule has 2 nitrogen and oxygen atoms in total. The summed E-state index contributed by atoms with van der Waals surface area (Å²) in [6.07, 6.45) is 3.55. The van der Waals surface area contributed by atoms with E-state index in [1.165, 1.54) is 18.4 Å². The molecule has 3 heteroatoms. The van der Waals surface area contributed by atoms with Crippen LogP contribution < -0.4 is 5.32 Å². The molecule has 1 heterocycles. The molecule has 1 aromatic carbocycles. The average molecular weight is 266 g/mol. The number of benzene rings is 1. The first-order valence-electron chi connectivity index (χ1n) is 5.36. The number of carbonyl (C=O) groups is 1. The van der Waals surface area contributed by atoms with Crippen LogP contribution in [-0.2, 0) is 0 Å². The fourth-order valence-corrected chi connectivity index (χ4v) is 3.18. The summed E-state index contributed by atoms with van der Waals surface area (Å²) < 4.78 is 1.07. The van der Waals surface area contributed by atoms with Crippen LogP contribution in [0.1, 0.15) is 41.1 Å². The van der Waals surface area contributed by atoms with Crippen molar-refractivity contribution in [1.82, 2.24) is 5.32 Å². The summed E-state index contributed by atoms with van der Waals surface area (Å²) in [7, 11) is 0. The SMILES string of the molecule is O=C1NC2CCCC2c2cc(Br)ccc21. The van der Waals surface area contributed by atoms with Gasteiger partial charge in [0.05, 0.1) is 0 Å². The van der Waals surface area contributed by atoms with Crippen LogP contribution in [0.2, 0.25) is 0 Å². The van der Waals surface area contributed by atoms with Crippen molar-refractivity contribution in [2.45, 2.75) is 31.2 Å². The van der Waals surface area contributed by atoms with Crippen molar-refractivity contribution in [1.29, 1.82) is 0 Å². The summed E-state index contributed by atoms with van der Waals surface area (Å²) >= 11 is 3.48. The maximum absolute atomic E-state index is 11.8. The molecular formula is C12H12BrNO. The molecule has 2 atom stereocenters. The minimum absolute atomic E-state index is 0.0978. The smallest absolute Gasteiger partial charge is 0.251 e. The Morgan fingerprint density at radius 3 is 3.07 bits per heavy atom. The van der Waals surface area contributed by atoms with Crippen molar-refractivity contribution in [3.8, 4) is 0 Å². The Balaban J connectivity index is 2.15. The van der Waals surface area contributed by atoms with Crippen molar-refractivity contribution in [2.75, 3.05) is 0 Å². The Bertz CT molecular complexity index is 430. The fourth-order valence-electron chi connectivity index (χ4n) is 2.80. The predicted octanol–water partition coefficient (Wildman–Crippen LogP) is 2.83. The van der Waals surface area contributed by atoms with Gasteiger partial charge in [-0.25, -0.2) is 0 Å². The highest BCUT2D eigenvalue weighted by molar-refractivity contribution is 9.10. The van der Waals surface area contributed by atoms with Gasteiger partial charge in [-0.15, -0.1) is 0 Å². The molecule has 78 valence electrons. The number of halogens is 1. The van der Waals surface area contributed by atoms with Gasteiger partial charge in [-0.2, -0.15) is 0 Å². The van der Waals surface area contributed by atoms with Gasteiger partial charge >= 0.3 is 0 Å². The molecule has 0 spiro atoms. The van der Waals surface area contributed by atoms with Crippen molar-refractivity contribution in [3.05, 3.63) is 33.8 Å². The number of nitrogens with one attached hydrogen (secondary N) is 1. The van der Waals surface area contributed by atoms with Crippen LogP contribution in [0.25, 0.3) is 0 Å². The number of carbonyl (C=O) groups excluding carboxylic acids is 1. The van der Waals surface area contributed by atoms with Gasteiger partial charge in [-0.1, -0.05) is 22.4 Å². The van der Waals surface area contributed by atoms with E-state index in [1.54, 1.807) is 0 Å². The lowest BCUT2D eigenvalue weighted by molar-refractivity contribution is 0.0920. The van der Waals surface area contributed by atoms with Gasteiger partial charge in [0.2, 0.25) is 0 Å². The van der Waals surface area contributed by atoms with Gasteiger partial charge in [0, 0.05) is 22.0 Å². The first-order valence-corrected chi connectivity index (χ1v) is 6.15. The van der Waals surface area contributed by atoms with Crippen LogP contribution in [0.4, 0.5) is 0 Å². The minimum atomic E-state index is 0.0978. The molecule has 1 aliphatic heterocycles. The van der Waals surface area contributed by atoms with Crippen LogP contribution in [0, 0.1) is 0 Å². The monoisotopic (exact) mass is 265 g/mol. The summed E-state index contributed by atoms with van der Waals surface area (Å²) in [6, 6.07) is 6.34. The summed E-state index contributed by atoms with van der Waals surface area (Å²) in [5.41, 5.74) is 2.09. The van der Waals surface area contributed by atoms with E-state index in [2.05, 4.69) is 27.3 Å². The molecule has 1 saturated carbocycles. The highest BCUT2D eigenvalue weighted by Crippen LogP contribution is 2.40. The Labute approximate surface area is 97.2 Å². The quantitative estimate of drug-likeness (QED) is 0.768. The Morgan fingerprint density at radius 1 is 1.33 bits per heavy atom. The molecule has 1 aromatic rings. The predicted molar refractivity (Wildman–Crippen MR) is 62.0 cm³/mol. The summed E-state index contributed by atoms with van der Waals surface area (Å²) in [5.74, 6) is 0.635. The Morgan fingerprint density at radius 2 is 2.20 bits per heavy atom. The van der Waals surface area contributed by atoms with E-state index in [9.17, 15) is 4.79 Å².